The molecule has 2 aliphatic rings. The van der Waals surface area contributed by atoms with Crippen LogP contribution < -0.4 is 10.6 Å². The molecule has 20 heavy (non-hydrogen) atoms. The van der Waals surface area contributed by atoms with Gasteiger partial charge in [-0.15, -0.1) is 0 Å². The van der Waals surface area contributed by atoms with E-state index >= 15 is 0 Å². The van der Waals surface area contributed by atoms with Crippen LogP contribution in [0.3, 0.4) is 0 Å². The Morgan fingerprint density at radius 1 is 1.45 bits per heavy atom. The Kier molecular flexibility index (Phi) is 3.38. The molecule has 5 heteroatoms. The summed E-state index contributed by atoms with van der Waals surface area (Å²) in [6, 6.07) is 3.44. The van der Waals surface area contributed by atoms with Crippen LogP contribution in [0.2, 0.25) is 0 Å². The van der Waals surface area contributed by atoms with Crippen molar-refractivity contribution < 1.29 is 9.90 Å². The molecule has 1 aromatic heterocycles. The van der Waals surface area contributed by atoms with Crippen molar-refractivity contribution in [1.29, 1.82) is 0 Å². The van der Waals surface area contributed by atoms with E-state index < -0.39 is 11.5 Å². The number of hydrogen-bond acceptors (Lipinski definition) is 4. The van der Waals surface area contributed by atoms with E-state index in [1.54, 1.807) is 18.3 Å². The molecule has 1 aliphatic carbocycles. The number of primary amides is 1. The van der Waals surface area contributed by atoms with Crippen molar-refractivity contribution in [2.45, 2.75) is 37.7 Å². The van der Waals surface area contributed by atoms with Crippen LogP contribution in [-0.4, -0.2) is 34.7 Å². The van der Waals surface area contributed by atoms with Gasteiger partial charge in [-0.3, -0.25) is 4.79 Å². The molecule has 1 aliphatic heterocycles. The Balaban J connectivity index is 1.85. The van der Waals surface area contributed by atoms with Gasteiger partial charge in [0, 0.05) is 25.2 Å². The van der Waals surface area contributed by atoms with Gasteiger partial charge in [-0.1, -0.05) is 12.8 Å². The Morgan fingerprint density at radius 3 is 3.10 bits per heavy atom. The lowest BCUT2D eigenvalue weighted by Crippen LogP contribution is -2.53. The number of piperidine rings is 1. The van der Waals surface area contributed by atoms with Crippen LogP contribution in [0, 0.1) is 5.92 Å². The lowest BCUT2D eigenvalue weighted by molar-refractivity contribution is -0.0613. The van der Waals surface area contributed by atoms with Crippen LogP contribution in [-0.2, 0) is 0 Å². The van der Waals surface area contributed by atoms with E-state index in [2.05, 4.69) is 9.88 Å². The van der Waals surface area contributed by atoms with Gasteiger partial charge >= 0.3 is 0 Å². The van der Waals surface area contributed by atoms with Crippen molar-refractivity contribution in [2.24, 2.45) is 11.7 Å². The number of fused-ring (bicyclic) bond motifs is 1. The summed E-state index contributed by atoms with van der Waals surface area (Å²) in [5, 5.41) is 10.7. The maximum absolute atomic E-state index is 11.5. The molecule has 2 fully saturated rings. The predicted molar refractivity (Wildman–Crippen MR) is 76.5 cm³/mol. The van der Waals surface area contributed by atoms with Crippen LogP contribution in [0.25, 0.3) is 0 Å². The molecule has 0 bridgehead atoms. The summed E-state index contributed by atoms with van der Waals surface area (Å²) in [6.07, 6.45) is 6.66. The smallest absolute Gasteiger partial charge is 0.252 e. The molecule has 2 heterocycles. The minimum absolute atomic E-state index is 0.271. The molecule has 1 saturated heterocycles. The molecule has 2 unspecified atom stereocenters. The summed E-state index contributed by atoms with van der Waals surface area (Å²) >= 11 is 0. The highest BCUT2D eigenvalue weighted by Gasteiger charge is 2.43. The highest BCUT2D eigenvalue weighted by Crippen LogP contribution is 2.40. The second-order valence-electron chi connectivity index (χ2n) is 5.98. The van der Waals surface area contributed by atoms with Crippen molar-refractivity contribution in [3.8, 4) is 0 Å². The normalized spacial score (nSPS) is 29.9. The Labute approximate surface area is 118 Å². The number of pyridine rings is 1. The van der Waals surface area contributed by atoms with Crippen molar-refractivity contribution in [3.63, 3.8) is 0 Å². The number of hydrogen-bond donors (Lipinski definition) is 2. The van der Waals surface area contributed by atoms with E-state index in [0.29, 0.717) is 11.4 Å². The van der Waals surface area contributed by atoms with Crippen LogP contribution in [0.4, 0.5) is 5.82 Å². The van der Waals surface area contributed by atoms with Gasteiger partial charge in [0.1, 0.15) is 5.82 Å². The van der Waals surface area contributed by atoms with Crippen LogP contribution in [0.5, 0.6) is 0 Å². The lowest BCUT2D eigenvalue weighted by atomic mass is 9.71. The topological polar surface area (TPSA) is 79.5 Å². The van der Waals surface area contributed by atoms with Crippen molar-refractivity contribution in [2.75, 3.05) is 18.0 Å². The molecule has 2 atom stereocenters. The molecule has 1 saturated carbocycles. The van der Waals surface area contributed by atoms with Gasteiger partial charge in [0.2, 0.25) is 0 Å². The standard InChI is InChI=1S/C15H21N3O2/c16-13(19)12-5-3-8-17-14(12)18-9-7-15(20)6-2-1-4-11(15)10-18/h3,5,8,11,20H,1-2,4,6-7,9-10H2,(H2,16,19). The van der Waals surface area contributed by atoms with Gasteiger partial charge in [-0.2, -0.15) is 0 Å². The van der Waals surface area contributed by atoms with Gasteiger partial charge < -0.3 is 15.7 Å². The molecule has 0 spiro atoms. The van der Waals surface area contributed by atoms with Crippen molar-refractivity contribution >= 4 is 11.7 Å². The minimum Gasteiger partial charge on any atom is -0.389 e. The third kappa shape index (κ3) is 2.26. The van der Waals surface area contributed by atoms with E-state index in [9.17, 15) is 9.90 Å². The predicted octanol–water partition coefficient (Wildman–Crippen LogP) is 1.31. The Hall–Kier alpha value is -1.62. The zero-order chi connectivity index (χ0) is 14.2. The van der Waals surface area contributed by atoms with Gasteiger partial charge in [0.05, 0.1) is 11.2 Å². The molecular formula is C15H21N3O2. The van der Waals surface area contributed by atoms with Crippen LogP contribution in [0.1, 0.15) is 42.5 Å². The second kappa shape index (κ2) is 5.05. The summed E-state index contributed by atoms with van der Waals surface area (Å²) in [5.74, 6) is 0.484. The first-order chi connectivity index (χ1) is 9.60. The zero-order valence-electron chi connectivity index (χ0n) is 11.6. The number of aliphatic hydroxyl groups is 1. The number of amides is 1. The molecule has 1 amide bonds. The quantitative estimate of drug-likeness (QED) is 0.853. The Bertz CT molecular complexity index is 520. The third-order valence-corrected chi connectivity index (χ3v) is 4.78. The molecule has 1 aromatic rings. The maximum Gasteiger partial charge on any atom is 0.252 e. The van der Waals surface area contributed by atoms with Gasteiger partial charge in [-0.25, -0.2) is 4.98 Å². The average Bonchev–Trinajstić information content (AvgIpc) is 2.46. The zero-order valence-corrected chi connectivity index (χ0v) is 11.6. The largest absolute Gasteiger partial charge is 0.389 e. The highest BCUT2D eigenvalue weighted by molar-refractivity contribution is 5.97. The first-order valence-corrected chi connectivity index (χ1v) is 7.32. The second-order valence-corrected chi connectivity index (χ2v) is 5.98. The first-order valence-electron chi connectivity index (χ1n) is 7.32. The Morgan fingerprint density at radius 2 is 2.30 bits per heavy atom. The fraction of sp³-hybridized carbons (Fsp3) is 0.600. The molecule has 5 nitrogen and oxygen atoms in total. The maximum atomic E-state index is 11.5. The number of aromatic nitrogens is 1. The number of rotatable bonds is 2. The summed E-state index contributed by atoms with van der Waals surface area (Å²) in [5.41, 5.74) is 5.37. The van der Waals surface area contributed by atoms with E-state index in [-0.39, 0.29) is 5.92 Å². The number of nitrogens with zero attached hydrogens (tertiary/aromatic N) is 2. The van der Waals surface area contributed by atoms with E-state index in [4.69, 9.17) is 5.73 Å². The van der Waals surface area contributed by atoms with Gasteiger partial charge in [0.25, 0.3) is 5.91 Å². The van der Waals surface area contributed by atoms with Gasteiger partial charge in [0.15, 0.2) is 0 Å². The molecule has 108 valence electrons. The average molecular weight is 275 g/mol. The van der Waals surface area contributed by atoms with Crippen LogP contribution >= 0.6 is 0 Å². The van der Waals surface area contributed by atoms with E-state index in [0.717, 1.165) is 38.8 Å². The fourth-order valence-electron chi connectivity index (χ4n) is 3.60. The molecule has 3 N–H and O–H groups in total. The lowest BCUT2D eigenvalue weighted by Gasteiger charge is -2.47. The third-order valence-electron chi connectivity index (χ3n) is 4.78. The van der Waals surface area contributed by atoms with Gasteiger partial charge in [-0.05, 0) is 31.4 Å². The van der Waals surface area contributed by atoms with Crippen molar-refractivity contribution in [1.82, 2.24) is 4.98 Å². The number of carbonyl (C=O) groups excluding carboxylic acids is 1. The molecule has 3 rings (SSSR count). The fourth-order valence-corrected chi connectivity index (χ4v) is 3.60. The monoisotopic (exact) mass is 275 g/mol. The molecule has 0 radical (unpaired) electrons. The van der Waals surface area contributed by atoms with Crippen molar-refractivity contribution in [3.05, 3.63) is 23.9 Å². The SMILES string of the molecule is NC(=O)c1cccnc1N1CCC2(O)CCCCC2C1. The number of nitrogens with two attached hydrogens (primary N) is 1. The summed E-state index contributed by atoms with van der Waals surface area (Å²) < 4.78 is 0. The van der Waals surface area contributed by atoms with E-state index in [1.165, 1.54) is 6.42 Å². The molecular weight excluding hydrogens is 254 g/mol. The summed E-state index contributed by atoms with van der Waals surface area (Å²) in [7, 11) is 0. The highest BCUT2D eigenvalue weighted by atomic mass is 16.3. The number of anilines is 1. The summed E-state index contributed by atoms with van der Waals surface area (Å²) in [6.45, 7) is 1.48. The molecule has 0 aromatic carbocycles. The number of carbonyl (C=O) groups is 1. The minimum atomic E-state index is -0.517. The van der Waals surface area contributed by atoms with Crippen LogP contribution in [0.15, 0.2) is 18.3 Å². The van der Waals surface area contributed by atoms with E-state index in [1.807, 2.05) is 0 Å². The first kappa shape index (κ1) is 13.4. The summed E-state index contributed by atoms with van der Waals surface area (Å²) in [4.78, 5) is 17.9.